The third-order valence-electron chi connectivity index (χ3n) is 1.81. The number of hydrogen-bond acceptors (Lipinski definition) is 2. The van der Waals surface area contributed by atoms with E-state index < -0.39 is 0 Å². The fourth-order valence-corrected chi connectivity index (χ4v) is 2.20. The van der Waals surface area contributed by atoms with E-state index in [-0.39, 0.29) is 0 Å². The van der Waals surface area contributed by atoms with Crippen LogP contribution in [0.15, 0.2) is 35.3 Å². The molecule has 0 amide bonds. The van der Waals surface area contributed by atoms with Gasteiger partial charge in [0.25, 0.3) is 0 Å². The lowest BCUT2D eigenvalue weighted by Crippen LogP contribution is -1.80. The molecule has 0 saturated carbocycles. The van der Waals surface area contributed by atoms with Crippen molar-refractivity contribution in [3.63, 3.8) is 0 Å². The minimum absolute atomic E-state index is 1.09. The van der Waals surface area contributed by atoms with Gasteiger partial charge in [-0.15, -0.1) is 11.8 Å². The van der Waals surface area contributed by atoms with Gasteiger partial charge in [0.05, 0.1) is 10.7 Å². The molecule has 0 atom stereocenters. The van der Waals surface area contributed by atoms with Crippen LogP contribution in [0.25, 0.3) is 0 Å². The maximum Gasteiger partial charge on any atom is 0.0738 e. The Balaban J connectivity index is 2.16. The van der Waals surface area contributed by atoms with Crippen molar-refractivity contribution in [2.75, 3.05) is 5.75 Å². The van der Waals surface area contributed by atoms with E-state index in [0.717, 1.165) is 5.69 Å². The Morgan fingerprint density at radius 1 is 1.17 bits per heavy atom. The second-order valence-corrected chi connectivity index (χ2v) is 3.96. The summed E-state index contributed by atoms with van der Waals surface area (Å²) >= 11 is 1.89. The van der Waals surface area contributed by atoms with E-state index >= 15 is 0 Å². The van der Waals surface area contributed by atoms with Crippen LogP contribution in [0.3, 0.4) is 0 Å². The van der Waals surface area contributed by atoms with Crippen LogP contribution in [0, 0.1) is 0 Å². The van der Waals surface area contributed by atoms with Crippen molar-refractivity contribution in [2.24, 2.45) is 4.99 Å². The zero-order valence-electron chi connectivity index (χ0n) is 6.86. The Hall–Kier alpha value is -0.760. The molecule has 2 rings (SSSR count). The molecule has 1 nitrogen and oxygen atoms in total. The maximum absolute atomic E-state index is 4.54. The second-order valence-electron chi connectivity index (χ2n) is 2.79. The Morgan fingerprint density at radius 3 is 2.67 bits per heavy atom. The zero-order valence-corrected chi connectivity index (χ0v) is 7.68. The summed E-state index contributed by atoms with van der Waals surface area (Å²) in [7, 11) is 0. The average molecular weight is 177 g/mol. The molecular formula is C10H11NS. The number of thioether (sulfide) groups is 1. The van der Waals surface area contributed by atoms with E-state index in [4.69, 9.17) is 0 Å². The molecule has 1 aliphatic rings. The molecular weight excluding hydrogens is 166 g/mol. The monoisotopic (exact) mass is 177 g/mol. The van der Waals surface area contributed by atoms with E-state index in [1.807, 2.05) is 42.1 Å². The summed E-state index contributed by atoms with van der Waals surface area (Å²) in [4.78, 5) is 4.54. The van der Waals surface area contributed by atoms with Crippen LogP contribution in [0.5, 0.6) is 0 Å². The standard InChI is InChI=1S/C10H11NS/c1-2-5-9(6-3-1)11-10-7-4-8-12-10/h1-3,5-6H,4,7-8H2. The average Bonchev–Trinajstić information content (AvgIpc) is 2.59. The van der Waals surface area contributed by atoms with Gasteiger partial charge in [-0.2, -0.15) is 0 Å². The third-order valence-corrected chi connectivity index (χ3v) is 2.94. The summed E-state index contributed by atoms with van der Waals surface area (Å²) in [5.74, 6) is 1.24. The first-order valence-electron chi connectivity index (χ1n) is 4.20. The molecule has 1 fully saturated rings. The molecule has 1 aromatic rings. The van der Waals surface area contributed by atoms with E-state index in [0.29, 0.717) is 0 Å². The predicted molar refractivity (Wildman–Crippen MR) is 55.2 cm³/mol. The molecule has 12 heavy (non-hydrogen) atoms. The fraction of sp³-hybridized carbons (Fsp3) is 0.300. The lowest BCUT2D eigenvalue weighted by Gasteiger charge is -1.94. The summed E-state index contributed by atoms with van der Waals surface area (Å²) in [6.45, 7) is 0. The Bertz CT molecular complexity index is 271. The van der Waals surface area contributed by atoms with Gasteiger partial charge in [0, 0.05) is 0 Å². The summed E-state index contributed by atoms with van der Waals surface area (Å²) in [6.07, 6.45) is 2.45. The maximum atomic E-state index is 4.54. The lowest BCUT2D eigenvalue weighted by atomic mass is 10.3. The van der Waals surface area contributed by atoms with E-state index in [1.165, 1.54) is 23.6 Å². The molecule has 62 valence electrons. The summed E-state index contributed by atoms with van der Waals surface area (Å²) in [5, 5.41) is 1.29. The number of hydrogen-bond donors (Lipinski definition) is 0. The number of rotatable bonds is 1. The van der Waals surface area contributed by atoms with E-state index in [1.54, 1.807) is 0 Å². The smallest absolute Gasteiger partial charge is 0.0738 e. The van der Waals surface area contributed by atoms with Gasteiger partial charge in [0.1, 0.15) is 0 Å². The molecule has 1 heterocycles. The summed E-state index contributed by atoms with van der Waals surface area (Å²) in [6, 6.07) is 10.2. The highest BCUT2D eigenvalue weighted by Gasteiger charge is 2.07. The highest BCUT2D eigenvalue weighted by Crippen LogP contribution is 2.24. The van der Waals surface area contributed by atoms with Crippen LogP contribution in [0.1, 0.15) is 12.8 Å². The first kappa shape index (κ1) is 7.87. The first-order valence-corrected chi connectivity index (χ1v) is 5.19. The second kappa shape index (κ2) is 3.76. The minimum atomic E-state index is 1.09. The van der Waals surface area contributed by atoms with Crippen LogP contribution >= 0.6 is 11.8 Å². The normalized spacial score (nSPS) is 20.2. The molecule has 1 aliphatic heterocycles. The predicted octanol–water partition coefficient (Wildman–Crippen LogP) is 3.24. The first-order chi connectivity index (χ1) is 5.95. The summed E-state index contributed by atoms with van der Waals surface area (Å²) < 4.78 is 0. The number of nitrogens with zero attached hydrogens (tertiary/aromatic N) is 1. The van der Waals surface area contributed by atoms with Gasteiger partial charge in [0.15, 0.2) is 0 Å². The van der Waals surface area contributed by atoms with Crippen molar-refractivity contribution < 1.29 is 0 Å². The number of aliphatic imine (C=N–C) groups is 1. The minimum Gasteiger partial charge on any atom is -0.247 e. The molecule has 0 N–H and O–H groups in total. The van der Waals surface area contributed by atoms with Crippen LogP contribution in [-0.2, 0) is 0 Å². The molecule has 1 saturated heterocycles. The lowest BCUT2D eigenvalue weighted by molar-refractivity contribution is 1.04. The van der Waals surface area contributed by atoms with Crippen LogP contribution in [-0.4, -0.2) is 10.8 Å². The SMILES string of the molecule is c1ccc(N=C2CCCS2)cc1. The quantitative estimate of drug-likeness (QED) is 0.641. The van der Waals surface area contributed by atoms with E-state index in [2.05, 4.69) is 4.99 Å². The van der Waals surface area contributed by atoms with Crippen molar-refractivity contribution in [3.8, 4) is 0 Å². The van der Waals surface area contributed by atoms with Gasteiger partial charge < -0.3 is 0 Å². The highest BCUT2D eigenvalue weighted by atomic mass is 32.2. The molecule has 1 aromatic carbocycles. The van der Waals surface area contributed by atoms with Gasteiger partial charge in [-0.05, 0) is 30.7 Å². The van der Waals surface area contributed by atoms with Crippen molar-refractivity contribution in [1.29, 1.82) is 0 Å². The molecule has 0 radical (unpaired) electrons. The van der Waals surface area contributed by atoms with Gasteiger partial charge in [-0.3, -0.25) is 0 Å². The van der Waals surface area contributed by atoms with Crippen molar-refractivity contribution >= 4 is 22.5 Å². The molecule has 0 aromatic heterocycles. The largest absolute Gasteiger partial charge is 0.247 e. The zero-order chi connectivity index (χ0) is 8.23. The molecule has 0 bridgehead atoms. The Morgan fingerprint density at radius 2 is 2.00 bits per heavy atom. The highest BCUT2D eigenvalue weighted by molar-refractivity contribution is 8.14. The number of para-hydroxylation sites is 1. The third kappa shape index (κ3) is 1.89. The van der Waals surface area contributed by atoms with Crippen molar-refractivity contribution in [1.82, 2.24) is 0 Å². The molecule has 0 aliphatic carbocycles. The number of benzene rings is 1. The molecule has 0 spiro atoms. The van der Waals surface area contributed by atoms with Gasteiger partial charge in [0.2, 0.25) is 0 Å². The summed E-state index contributed by atoms with van der Waals surface area (Å²) in [5.41, 5.74) is 1.09. The van der Waals surface area contributed by atoms with Gasteiger partial charge in [-0.1, -0.05) is 18.2 Å². The Labute approximate surface area is 76.9 Å². The molecule has 2 heteroatoms. The van der Waals surface area contributed by atoms with Crippen LogP contribution in [0.4, 0.5) is 5.69 Å². The Kier molecular flexibility index (Phi) is 2.47. The van der Waals surface area contributed by atoms with Crippen molar-refractivity contribution in [2.45, 2.75) is 12.8 Å². The van der Waals surface area contributed by atoms with Gasteiger partial charge >= 0.3 is 0 Å². The van der Waals surface area contributed by atoms with Crippen LogP contribution < -0.4 is 0 Å². The molecule has 0 unspecified atom stereocenters. The fourth-order valence-electron chi connectivity index (χ4n) is 1.22. The van der Waals surface area contributed by atoms with Crippen LogP contribution in [0.2, 0.25) is 0 Å². The van der Waals surface area contributed by atoms with E-state index in [9.17, 15) is 0 Å². The van der Waals surface area contributed by atoms with Gasteiger partial charge in [-0.25, -0.2) is 4.99 Å². The van der Waals surface area contributed by atoms with Crippen molar-refractivity contribution in [3.05, 3.63) is 30.3 Å². The topological polar surface area (TPSA) is 12.4 Å².